The number of carbonyl (C=O) groups is 1. The maximum absolute atomic E-state index is 12.4. The normalized spacial score (nSPS) is 22.2. The molecule has 4 heterocycles. The highest BCUT2D eigenvalue weighted by Crippen LogP contribution is 2.39. The average Bonchev–Trinajstić information content (AvgIpc) is 3.33. The van der Waals surface area contributed by atoms with Crippen LogP contribution in [0.4, 0.5) is 0 Å². The van der Waals surface area contributed by atoms with Crippen LogP contribution in [0.5, 0.6) is 5.75 Å². The van der Waals surface area contributed by atoms with E-state index in [1.807, 2.05) is 50.2 Å². The highest BCUT2D eigenvalue weighted by molar-refractivity contribution is 6.07. The molecular formula is C27H25NO5. The summed E-state index contributed by atoms with van der Waals surface area (Å²) in [5.74, 6) is 0.145. The van der Waals surface area contributed by atoms with Crippen molar-refractivity contribution in [1.29, 1.82) is 0 Å². The summed E-state index contributed by atoms with van der Waals surface area (Å²) >= 11 is 0. The topological polar surface area (TPSA) is 81.8 Å². The highest BCUT2D eigenvalue weighted by atomic mass is 16.5. The fraction of sp³-hybridized carbons (Fsp3) is 0.333. The van der Waals surface area contributed by atoms with Crippen molar-refractivity contribution in [2.45, 2.75) is 57.8 Å². The SMILES string of the molecule is Cc1c(-c2cc(C(=O)O)c3c(OC4CC5CCC(C4)O5)ccc(C)c3n2)oc2ccccc12. The summed E-state index contributed by atoms with van der Waals surface area (Å²) in [7, 11) is 0. The minimum Gasteiger partial charge on any atom is -0.489 e. The smallest absolute Gasteiger partial charge is 0.336 e. The van der Waals surface area contributed by atoms with Crippen LogP contribution in [0.3, 0.4) is 0 Å². The monoisotopic (exact) mass is 443 g/mol. The van der Waals surface area contributed by atoms with Crippen LogP contribution in [0.1, 0.15) is 47.2 Å². The molecule has 6 rings (SSSR count). The van der Waals surface area contributed by atoms with Gasteiger partial charge in [-0.3, -0.25) is 0 Å². The van der Waals surface area contributed by atoms with Gasteiger partial charge >= 0.3 is 5.97 Å². The number of nitrogens with zero attached hydrogens (tertiary/aromatic N) is 1. The second kappa shape index (κ2) is 7.59. The molecule has 0 saturated carbocycles. The summed E-state index contributed by atoms with van der Waals surface area (Å²) in [6.07, 6.45) is 4.30. The summed E-state index contributed by atoms with van der Waals surface area (Å²) in [6.45, 7) is 3.91. The van der Waals surface area contributed by atoms with E-state index in [0.29, 0.717) is 28.1 Å². The van der Waals surface area contributed by atoms with Crippen LogP contribution in [-0.2, 0) is 4.74 Å². The van der Waals surface area contributed by atoms with Crippen molar-refractivity contribution in [3.8, 4) is 17.2 Å². The summed E-state index contributed by atoms with van der Waals surface area (Å²) in [5, 5.41) is 11.7. The summed E-state index contributed by atoms with van der Waals surface area (Å²) in [6, 6.07) is 13.2. The third-order valence-corrected chi connectivity index (χ3v) is 6.97. The van der Waals surface area contributed by atoms with Crippen molar-refractivity contribution in [3.05, 3.63) is 59.2 Å². The van der Waals surface area contributed by atoms with Crippen LogP contribution in [0, 0.1) is 13.8 Å². The number of para-hydroxylation sites is 1. The number of carboxylic acids is 1. The Morgan fingerprint density at radius 2 is 1.85 bits per heavy atom. The van der Waals surface area contributed by atoms with Crippen LogP contribution >= 0.6 is 0 Å². The first-order chi connectivity index (χ1) is 16.0. The van der Waals surface area contributed by atoms with Gasteiger partial charge in [0.25, 0.3) is 0 Å². The molecule has 2 bridgehead atoms. The van der Waals surface area contributed by atoms with E-state index in [0.717, 1.165) is 47.8 Å². The number of aromatic nitrogens is 1. The zero-order valence-electron chi connectivity index (χ0n) is 18.6. The first kappa shape index (κ1) is 20.2. The van der Waals surface area contributed by atoms with Crippen LogP contribution in [0.15, 0.2) is 46.9 Å². The van der Waals surface area contributed by atoms with Gasteiger partial charge in [-0.1, -0.05) is 24.3 Å². The van der Waals surface area contributed by atoms with Crippen LogP contribution in [-0.4, -0.2) is 34.4 Å². The molecular weight excluding hydrogens is 418 g/mol. The molecule has 2 aromatic carbocycles. The van der Waals surface area contributed by atoms with E-state index in [2.05, 4.69) is 0 Å². The molecule has 168 valence electrons. The van der Waals surface area contributed by atoms with E-state index in [1.165, 1.54) is 0 Å². The van der Waals surface area contributed by atoms with E-state index in [4.69, 9.17) is 18.9 Å². The predicted molar refractivity (Wildman–Crippen MR) is 125 cm³/mol. The van der Waals surface area contributed by atoms with E-state index in [9.17, 15) is 9.90 Å². The Balaban J connectivity index is 1.50. The van der Waals surface area contributed by atoms with Gasteiger partial charge in [-0.2, -0.15) is 0 Å². The second-order valence-electron chi connectivity index (χ2n) is 9.19. The molecule has 0 aliphatic carbocycles. The van der Waals surface area contributed by atoms with Crippen molar-refractivity contribution in [2.75, 3.05) is 0 Å². The molecule has 2 fully saturated rings. The van der Waals surface area contributed by atoms with Crippen molar-refractivity contribution in [1.82, 2.24) is 4.98 Å². The Morgan fingerprint density at radius 1 is 1.09 bits per heavy atom. The number of pyridine rings is 1. The van der Waals surface area contributed by atoms with Gasteiger partial charge in [0.1, 0.15) is 23.1 Å². The molecule has 33 heavy (non-hydrogen) atoms. The number of aromatic carboxylic acids is 1. The fourth-order valence-corrected chi connectivity index (χ4v) is 5.33. The first-order valence-electron chi connectivity index (χ1n) is 11.5. The molecule has 1 N–H and O–H groups in total. The van der Waals surface area contributed by atoms with Gasteiger partial charge < -0.3 is 19.0 Å². The zero-order valence-corrected chi connectivity index (χ0v) is 18.6. The van der Waals surface area contributed by atoms with Crippen LogP contribution < -0.4 is 4.74 Å². The van der Waals surface area contributed by atoms with E-state index >= 15 is 0 Å². The number of furan rings is 1. The van der Waals surface area contributed by atoms with Gasteiger partial charge in [-0.25, -0.2) is 9.78 Å². The number of hydrogen-bond acceptors (Lipinski definition) is 5. The minimum absolute atomic E-state index is 0.0149. The molecule has 0 radical (unpaired) electrons. The quantitative estimate of drug-likeness (QED) is 0.413. The van der Waals surface area contributed by atoms with Gasteiger partial charge in [-0.15, -0.1) is 0 Å². The molecule has 2 atom stereocenters. The maximum Gasteiger partial charge on any atom is 0.336 e. The van der Waals surface area contributed by atoms with Crippen molar-refractivity contribution in [3.63, 3.8) is 0 Å². The molecule has 0 amide bonds. The second-order valence-corrected chi connectivity index (χ2v) is 9.19. The third kappa shape index (κ3) is 3.37. The Bertz CT molecular complexity index is 1390. The average molecular weight is 443 g/mol. The third-order valence-electron chi connectivity index (χ3n) is 6.97. The fourth-order valence-electron chi connectivity index (χ4n) is 5.33. The number of ether oxygens (including phenoxy) is 2. The standard InChI is InChI=1S/C27H25NO5/c1-14-7-10-23(32-18-11-16-8-9-17(12-18)31-16)24-20(27(29)30)13-21(28-25(14)24)26-15(2)19-5-3-4-6-22(19)33-26/h3-7,10,13,16-18H,8-9,11-12H2,1-2H3,(H,29,30). The van der Waals surface area contributed by atoms with Crippen LogP contribution in [0.25, 0.3) is 33.3 Å². The number of benzene rings is 2. The Labute approximate surface area is 191 Å². The Kier molecular flexibility index (Phi) is 4.66. The summed E-state index contributed by atoms with van der Waals surface area (Å²) < 4.78 is 18.4. The van der Waals surface area contributed by atoms with Gasteiger partial charge in [0.05, 0.1) is 28.7 Å². The van der Waals surface area contributed by atoms with Crippen molar-refractivity contribution >= 4 is 27.8 Å². The van der Waals surface area contributed by atoms with Gasteiger partial charge in [-0.05, 0) is 50.5 Å². The number of rotatable bonds is 4. The number of carboxylic acid groups (broad SMARTS) is 1. The highest BCUT2D eigenvalue weighted by Gasteiger charge is 2.36. The summed E-state index contributed by atoms with van der Waals surface area (Å²) in [5.41, 5.74) is 3.89. The molecule has 2 aliphatic heterocycles. The largest absolute Gasteiger partial charge is 0.489 e. The van der Waals surface area contributed by atoms with E-state index in [-0.39, 0.29) is 23.9 Å². The van der Waals surface area contributed by atoms with Gasteiger partial charge in [0, 0.05) is 23.8 Å². The van der Waals surface area contributed by atoms with Crippen molar-refractivity contribution < 1.29 is 23.8 Å². The first-order valence-corrected chi connectivity index (χ1v) is 11.5. The van der Waals surface area contributed by atoms with E-state index in [1.54, 1.807) is 6.07 Å². The van der Waals surface area contributed by atoms with Gasteiger partial charge in [0.2, 0.25) is 0 Å². The minimum atomic E-state index is -1.01. The summed E-state index contributed by atoms with van der Waals surface area (Å²) in [4.78, 5) is 17.3. The molecule has 2 saturated heterocycles. The maximum atomic E-state index is 12.4. The lowest BCUT2D eigenvalue weighted by atomic mass is 10.0. The van der Waals surface area contributed by atoms with Crippen LogP contribution in [0.2, 0.25) is 0 Å². The molecule has 2 aliphatic rings. The Morgan fingerprint density at radius 3 is 2.58 bits per heavy atom. The van der Waals surface area contributed by atoms with Gasteiger partial charge in [0.15, 0.2) is 5.76 Å². The lowest BCUT2D eigenvalue weighted by Crippen LogP contribution is -2.32. The Hall–Kier alpha value is -3.38. The molecule has 2 unspecified atom stereocenters. The number of fused-ring (bicyclic) bond motifs is 4. The molecule has 4 aromatic rings. The zero-order chi connectivity index (χ0) is 22.7. The number of aryl methyl sites for hydroxylation is 2. The predicted octanol–water partition coefficient (Wildman–Crippen LogP) is 6.05. The molecule has 6 heteroatoms. The van der Waals surface area contributed by atoms with Crippen molar-refractivity contribution in [2.24, 2.45) is 0 Å². The number of hydrogen-bond donors (Lipinski definition) is 1. The molecule has 0 spiro atoms. The van der Waals surface area contributed by atoms with E-state index < -0.39 is 5.97 Å². The lowest BCUT2D eigenvalue weighted by Gasteiger charge is -2.29. The molecule has 6 nitrogen and oxygen atoms in total. The lowest BCUT2D eigenvalue weighted by molar-refractivity contribution is -0.0435. The molecule has 2 aromatic heterocycles.